The van der Waals surface area contributed by atoms with E-state index >= 15 is 0 Å². The van der Waals surface area contributed by atoms with Crippen molar-refractivity contribution in [3.05, 3.63) is 0 Å². The highest BCUT2D eigenvalue weighted by Crippen LogP contribution is 2.35. The van der Waals surface area contributed by atoms with Gasteiger partial charge in [-0.05, 0) is 31.2 Å². The van der Waals surface area contributed by atoms with E-state index in [0.717, 1.165) is 24.4 Å². The van der Waals surface area contributed by atoms with Crippen molar-refractivity contribution in [2.45, 2.75) is 45.1 Å². The molecular weight excluding hydrogens is 228 g/mol. The molecule has 3 heteroatoms. The van der Waals surface area contributed by atoms with Crippen molar-refractivity contribution in [2.24, 2.45) is 17.6 Å². The van der Waals surface area contributed by atoms with Crippen LogP contribution in [0.25, 0.3) is 0 Å². The minimum atomic E-state index is 0.770. The van der Waals surface area contributed by atoms with E-state index in [1.54, 1.807) is 0 Å². The van der Waals surface area contributed by atoms with Crippen LogP contribution < -0.4 is 5.73 Å². The molecule has 0 bridgehead atoms. The molecule has 0 aromatic carbocycles. The third-order valence-corrected chi connectivity index (χ3v) is 5.52. The first kappa shape index (κ1) is 13.7. The quantitative estimate of drug-likeness (QED) is 0.838. The first-order chi connectivity index (χ1) is 8.35. The summed E-state index contributed by atoms with van der Waals surface area (Å²) in [6, 6.07) is 0.797. The molecule has 1 heterocycles. The molecule has 17 heavy (non-hydrogen) atoms. The lowest BCUT2D eigenvalue weighted by atomic mass is 9.76. The van der Waals surface area contributed by atoms with Crippen molar-refractivity contribution >= 4 is 11.8 Å². The zero-order chi connectivity index (χ0) is 12.1. The Morgan fingerprint density at radius 3 is 2.65 bits per heavy atom. The molecule has 3 unspecified atom stereocenters. The third-order valence-electron chi connectivity index (χ3n) is 4.58. The second-order valence-corrected chi connectivity index (χ2v) is 6.90. The average Bonchev–Trinajstić information content (AvgIpc) is 2.40. The second-order valence-electron chi connectivity index (χ2n) is 5.68. The fraction of sp³-hybridized carbons (Fsp3) is 1.00. The first-order valence-electron chi connectivity index (χ1n) is 7.37. The van der Waals surface area contributed by atoms with E-state index in [9.17, 15) is 0 Å². The Morgan fingerprint density at radius 1 is 1.24 bits per heavy atom. The van der Waals surface area contributed by atoms with Crippen molar-refractivity contribution in [3.8, 4) is 0 Å². The maximum atomic E-state index is 5.99. The number of hydrogen-bond donors (Lipinski definition) is 1. The third kappa shape index (κ3) is 3.62. The molecule has 2 fully saturated rings. The molecule has 2 N–H and O–H groups in total. The normalized spacial score (nSPS) is 36.0. The van der Waals surface area contributed by atoms with Crippen molar-refractivity contribution in [3.63, 3.8) is 0 Å². The van der Waals surface area contributed by atoms with Crippen LogP contribution in [-0.2, 0) is 0 Å². The van der Waals surface area contributed by atoms with Gasteiger partial charge in [0.25, 0.3) is 0 Å². The number of hydrogen-bond acceptors (Lipinski definition) is 3. The predicted octanol–water partition coefficient (Wildman–Crippen LogP) is 2.58. The van der Waals surface area contributed by atoms with Gasteiger partial charge in [0, 0.05) is 30.6 Å². The lowest BCUT2D eigenvalue weighted by molar-refractivity contribution is 0.0872. The summed E-state index contributed by atoms with van der Waals surface area (Å²) in [5.41, 5.74) is 5.99. The zero-order valence-electron chi connectivity index (χ0n) is 11.2. The molecule has 0 aromatic heterocycles. The number of nitrogens with two attached hydrogens (primary N) is 1. The van der Waals surface area contributed by atoms with Crippen LogP contribution in [0.1, 0.15) is 39.0 Å². The highest BCUT2D eigenvalue weighted by molar-refractivity contribution is 7.99. The summed E-state index contributed by atoms with van der Waals surface area (Å²) in [7, 11) is 0. The highest BCUT2D eigenvalue weighted by Gasteiger charge is 2.33. The van der Waals surface area contributed by atoms with Crippen molar-refractivity contribution < 1.29 is 0 Å². The van der Waals surface area contributed by atoms with Crippen LogP contribution >= 0.6 is 11.8 Å². The number of rotatable bonds is 4. The molecule has 1 saturated heterocycles. The van der Waals surface area contributed by atoms with Crippen molar-refractivity contribution in [1.82, 2.24) is 4.90 Å². The summed E-state index contributed by atoms with van der Waals surface area (Å²) >= 11 is 2.11. The fourth-order valence-electron chi connectivity index (χ4n) is 3.60. The molecular formula is C14H28N2S. The van der Waals surface area contributed by atoms with E-state index in [4.69, 9.17) is 5.73 Å². The number of thioether (sulfide) groups is 1. The predicted molar refractivity (Wildman–Crippen MR) is 77.5 cm³/mol. The summed E-state index contributed by atoms with van der Waals surface area (Å²) < 4.78 is 0. The van der Waals surface area contributed by atoms with Crippen LogP contribution in [0.2, 0.25) is 0 Å². The summed E-state index contributed by atoms with van der Waals surface area (Å²) in [5.74, 6) is 4.40. The lowest BCUT2D eigenvalue weighted by Gasteiger charge is -2.44. The molecule has 1 saturated carbocycles. The van der Waals surface area contributed by atoms with Gasteiger partial charge in [0.05, 0.1) is 0 Å². The molecule has 1 aliphatic heterocycles. The molecule has 0 spiro atoms. The van der Waals surface area contributed by atoms with Gasteiger partial charge in [-0.2, -0.15) is 11.8 Å². The van der Waals surface area contributed by atoms with Crippen LogP contribution in [0.4, 0.5) is 0 Å². The Kier molecular flexibility index (Phi) is 5.64. The maximum absolute atomic E-state index is 5.99. The maximum Gasteiger partial charge on any atom is 0.0139 e. The molecule has 1 aliphatic carbocycles. The van der Waals surface area contributed by atoms with E-state index in [-0.39, 0.29) is 0 Å². The Bertz CT molecular complexity index is 216. The molecule has 2 aliphatic rings. The topological polar surface area (TPSA) is 29.3 Å². The molecule has 100 valence electrons. The fourth-order valence-corrected chi connectivity index (χ4v) is 4.53. The van der Waals surface area contributed by atoms with Gasteiger partial charge in [-0.25, -0.2) is 0 Å². The molecule has 0 radical (unpaired) electrons. The van der Waals surface area contributed by atoms with E-state index in [1.165, 1.54) is 56.7 Å². The average molecular weight is 256 g/mol. The minimum absolute atomic E-state index is 0.770. The van der Waals surface area contributed by atoms with Crippen molar-refractivity contribution in [2.75, 3.05) is 31.1 Å². The van der Waals surface area contributed by atoms with Gasteiger partial charge in [0.2, 0.25) is 0 Å². The van der Waals surface area contributed by atoms with Crippen molar-refractivity contribution in [1.29, 1.82) is 0 Å². The van der Waals surface area contributed by atoms with Crippen LogP contribution in [-0.4, -0.2) is 42.1 Å². The van der Waals surface area contributed by atoms with Gasteiger partial charge in [-0.3, -0.25) is 4.90 Å². The van der Waals surface area contributed by atoms with Gasteiger partial charge in [-0.1, -0.05) is 26.2 Å². The van der Waals surface area contributed by atoms with Gasteiger partial charge in [-0.15, -0.1) is 0 Å². The smallest absolute Gasteiger partial charge is 0.0139 e. The Hall–Kier alpha value is 0.270. The Morgan fingerprint density at radius 2 is 2.00 bits per heavy atom. The highest BCUT2D eigenvalue weighted by atomic mass is 32.2. The van der Waals surface area contributed by atoms with Gasteiger partial charge in [0.15, 0.2) is 0 Å². The van der Waals surface area contributed by atoms with E-state index in [0.29, 0.717) is 0 Å². The molecule has 2 rings (SSSR count). The van der Waals surface area contributed by atoms with Gasteiger partial charge < -0.3 is 5.73 Å². The Balaban J connectivity index is 1.93. The van der Waals surface area contributed by atoms with E-state index in [1.807, 2.05) is 0 Å². The molecule has 2 nitrogen and oxygen atoms in total. The summed E-state index contributed by atoms with van der Waals surface area (Å²) in [6.45, 7) is 5.81. The molecule has 0 aromatic rings. The molecule has 3 atom stereocenters. The summed E-state index contributed by atoms with van der Waals surface area (Å²) in [6.07, 6.45) is 6.99. The minimum Gasteiger partial charge on any atom is -0.330 e. The van der Waals surface area contributed by atoms with Crippen LogP contribution in [0, 0.1) is 11.8 Å². The van der Waals surface area contributed by atoms with Gasteiger partial charge >= 0.3 is 0 Å². The Labute approximate surface area is 111 Å². The summed E-state index contributed by atoms with van der Waals surface area (Å²) in [5, 5.41) is 0. The van der Waals surface area contributed by atoms with Crippen LogP contribution in [0.15, 0.2) is 0 Å². The lowest BCUT2D eigenvalue weighted by Crippen LogP contribution is -2.49. The van der Waals surface area contributed by atoms with Gasteiger partial charge in [0.1, 0.15) is 0 Å². The second kappa shape index (κ2) is 7.01. The summed E-state index contributed by atoms with van der Waals surface area (Å²) in [4.78, 5) is 2.75. The first-order valence-corrected chi connectivity index (χ1v) is 8.52. The van der Waals surface area contributed by atoms with E-state index < -0.39 is 0 Å². The van der Waals surface area contributed by atoms with E-state index in [2.05, 4.69) is 23.6 Å². The van der Waals surface area contributed by atoms with Crippen LogP contribution in [0.5, 0.6) is 0 Å². The largest absolute Gasteiger partial charge is 0.330 e. The standard InChI is InChI=1S/C14H28N2S/c1-2-3-12-4-5-13(11-15)14(10-12)16-6-8-17-9-7-16/h12-14H,2-11,15H2,1H3. The zero-order valence-corrected chi connectivity index (χ0v) is 12.1. The SMILES string of the molecule is CCCC1CCC(CN)C(N2CCSCC2)C1. The molecule has 0 amide bonds. The number of nitrogens with zero attached hydrogens (tertiary/aromatic N) is 1. The van der Waals surface area contributed by atoms with Crippen LogP contribution in [0.3, 0.4) is 0 Å². The monoisotopic (exact) mass is 256 g/mol.